The fourth-order valence-corrected chi connectivity index (χ4v) is 3.25. The van der Waals surface area contributed by atoms with Crippen molar-refractivity contribution in [2.24, 2.45) is 0 Å². The van der Waals surface area contributed by atoms with Crippen LogP contribution in [-0.2, 0) is 6.54 Å². The lowest BCUT2D eigenvalue weighted by Gasteiger charge is -2.22. The zero-order valence-corrected chi connectivity index (χ0v) is 15.2. The highest BCUT2D eigenvalue weighted by molar-refractivity contribution is 5.94. The van der Waals surface area contributed by atoms with Crippen LogP contribution in [0.1, 0.15) is 42.1 Å². The third-order valence-electron chi connectivity index (χ3n) is 4.69. The first-order chi connectivity index (χ1) is 12.7. The normalized spacial score (nSPS) is 13.7. The van der Waals surface area contributed by atoms with Crippen molar-refractivity contribution in [2.45, 2.75) is 32.7 Å². The number of carbonyl (C=O) groups is 1. The van der Waals surface area contributed by atoms with Crippen LogP contribution in [0.2, 0.25) is 0 Å². The van der Waals surface area contributed by atoms with Crippen LogP contribution in [0.4, 0.5) is 15.8 Å². The summed E-state index contributed by atoms with van der Waals surface area (Å²) in [7, 11) is 0. The second-order valence-electron chi connectivity index (χ2n) is 6.62. The van der Waals surface area contributed by atoms with Gasteiger partial charge in [0.05, 0.1) is 0 Å². The third kappa shape index (κ3) is 4.34. The minimum atomic E-state index is -0.183. The number of amides is 1. The monoisotopic (exact) mass is 355 g/mol. The van der Waals surface area contributed by atoms with E-state index in [2.05, 4.69) is 15.5 Å². The molecule has 1 amide bonds. The maximum atomic E-state index is 14.4. The van der Waals surface area contributed by atoms with Crippen molar-refractivity contribution in [3.05, 3.63) is 59.4 Å². The lowest BCUT2D eigenvalue weighted by molar-refractivity contribution is 0.0953. The molecular formula is C21H26FN3O. The zero-order valence-electron chi connectivity index (χ0n) is 15.2. The van der Waals surface area contributed by atoms with Crippen LogP contribution in [0, 0.1) is 5.82 Å². The van der Waals surface area contributed by atoms with Gasteiger partial charge in [-0.15, -0.1) is 0 Å². The molecule has 0 spiro atoms. The van der Waals surface area contributed by atoms with Gasteiger partial charge in [0, 0.05) is 48.7 Å². The summed E-state index contributed by atoms with van der Waals surface area (Å²) < 4.78 is 14.4. The van der Waals surface area contributed by atoms with Gasteiger partial charge < -0.3 is 15.5 Å². The van der Waals surface area contributed by atoms with Crippen LogP contribution in [-0.4, -0.2) is 25.5 Å². The third-order valence-corrected chi connectivity index (χ3v) is 4.69. The van der Waals surface area contributed by atoms with E-state index in [0.717, 1.165) is 43.7 Å². The van der Waals surface area contributed by atoms with E-state index in [1.54, 1.807) is 18.2 Å². The van der Waals surface area contributed by atoms with Crippen LogP contribution >= 0.6 is 0 Å². The molecule has 2 N–H and O–H groups in total. The summed E-state index contributed by atoms with van der Waals surface area (Å²) in [6, 6.07) is 12.6. The molecule has 0 saturated carbocycles. The average molecular weight is 355 g/mol. The molecular weight excluding hydrogens is 329 g/mol. The van der Waals surface area contributed by atoms with Gasteiger partial charge in [0.25, 0.3) is 5.91 Å². The van der Waals surface area contributed by atoms with Crippen LogP contribution in [0.3, 0.4) is 0 Å². The van der Waals surface area contributed by atoms with Crippen molar-refractivity contribution in [2.75, 3.05) is 29.9 Å². The lowest BCUT2D eigenvalue weighted by Crippen LogP contribution is -2.23. The topological polar surface area (TPSA) is 44.4 Å². The molecule has 138 valence electrons. The van der Waals surface area contributed by atoms with E-state index in [4.69, 9.17) is 0 Å². The smallest absolute Gasteiger partial charge is 0.251 e. The Balaban J connectivity index is 1.66. The number of rotatable bonds is 7. The molecule has 2 aromatic carbocycles. The number of anilines is 2. The second-order valence-corrected chi connectivity index (χ2v) is 6.62. The molecule has 0 unspecified atom stereocenters. The second kappa shape index (κ2) is 8.70. The van der Waals surface area contributed by atoms with Crippen molar-refractivity contribution in [3.8, 4) is 0 Å². The predicted octanol–water partition coefficient (Wildman–Crippen LogP) is 4.18. The van der Waals surface area contributed by atoms with Crippen LogP contribution in [0.25, 0.3) is 0 Å². The highest BCUT2D eigenvalue weighted by Gasteiger charge is 2.18. The summed E-state index contributed by atoms with van der Waals surface area (Å²) in [5, 5.41) is 6.13. The molecule has 1 fully saturated rings. The van der Waals surface area contributed by atoms with Gasteiger partial charge >= 0.3 is 0 Å². The number of hydrogen-bond acceptors (Lipinski definition) is 3. The zero-order chi connectivity index (χ0) is 18.4. The van der Waals surface area contributed by atoms with Crippen molar-refractivity contribution in [1.82, 2.24) is 5.32 Å². The maximum Gasteiger partial charge on any atom is 0.251 e. The summed E-state index contributed by atoms with van der Waals surface area (Å²) in [6.45, 7) is 5.08. The van der Waals surface area contributed by atoms with E-state index in [9.17, 15) is 9.18 Å². The summed E-state index contributed by atoms with van der Waals surface area (Å²) in [6.07, 6.45) is 3.23. The number of carbonyl (C=O) groups excluding carboxylic acids is 1. The van der Waals surface area contributed by atoms with Gasteiger partial charge in [-0.3, -0.25) is 4.79 Å². The summed E-state index contributed by atoms with van der Waals surface area (Å²) in [5.41, 5.74) is 3.17. The molecule has 2 aromatic rings. The summed E-state index contributed by atoms with van der Waals surface area (Å²) in [5.74, 6) is -0.249. The molecule has 1 saturated heterocycles. The molecule has 1 aliphatic rings. The maximum absolute atomic E-state index is 14.4. The van der Waals surface area contributed by atoms with Crippen molar-refractivity contribution < 1.29 is 9.18 Å². The highest BCUT2D eigenvalue weighted by Crippen LogP contribution is 2.27. The molecule has 0 bridgehead atoms. The molecule has 0 radical (unpaired) electrons. The predicted molar refractivity (Wildman–Crippen MR) is 104 cm³/mol. The fraction of sp³-hybridized carbons (Fsp3) is 0.381. The van der Waals surface area contributed by atoms with E-state index in [1.807, 2.05) is 25.1 Å². The first-order valence-corrected chi connectivity index (χ1v) is 9.33. The van der Waals surface area contributed by atoms with Gasteiger partial charge in [-0.1, -0.05) is 13.0 Å². The molecule has 5 heteroatoms. The Labute approximate surface area is 154 Å². The van der Waals surface area contributed by atoms with Gasteiger partial charge in [0.2, 0.25) is 0 Å². The van der Waals surface area contributed by atoms with E-state index in [-0.39, 0.29) is 11.7 Å². The van der Waals surface area contributed by atoms with Crippen LogP contribution in [0.5, 0.6) is 0 Å². The van der Waals surface area contributed by atoms with E-state index >= 15 is 0 Å². The molecule has 26 heavy (non-hydrogen) atoms. The Morgan fingerprint density at radius 1 is 1.12 bits per heavy atom. The number of benzene rings is 2. The van der Waals surface area contributed by atoms with Gasteiger partial charge in [-0.05, 0) is 55.7 Å². The van der Waals surface area contributed by atoms with Crippen molar-refractivity contribution in [1.29, 1.82) is 0 Å². The number of nitrogens with one attached hydrogen (secondary N) is 2. The Kier molecular flexibility index (Phi) is 6.10. The first kappa shape index (κ1) is 18.2. The minimum Gasteiger partial charge on any atom is -0.381 e. The van der Waals surface area contributed by atoms with Crippen molar-refractivity contribution >= 4 is 17.3 Å². The largest absolute Gasteiger partial charge is 0.381 e. The lowest BCUT2D eigenvalue weighted by atomic mass is 10.1. The van der Waals surface area contributed by atoms with Crippen molar-refractivity contribution in [3.63, 3.8) is 0 Å². The van der Waals surface area contributed by atoms with Gasteiger partial charge in [-0.2, -0.15) is 0 Å². The molecule has 0 atom stereocenters. The van der Waals surface area contributed by atoms with E-state index in [0.29, 0.717) is 24.2 Å². The van der Waals surface area contributed by atoms with E-state index in [1.165, 1.54) is 6.07 Å². The Hall–Kier alpha value is -2.56. The molecule has 1 aliphatic heterocycles. The number of nitrogens with zero attached hydrogens (tertiary/aromatic N) is 1. The average Bonchev–Trinajstić information content (AvgIpc) is 3.20. The van der Waals surface area contributed by atoms with Crippen LogP contribution in [0.15, 0.2) is 42.5 Å². The molecule has 1 heterocycles. The summed E-state index contributed by atoms with van der Waals surface area (Å²) >= 11 is 0. The first-order valence-electron chi connectivity index (χ1n) is 9.33. The minimum absolute atomic E-state index is 0.0659. The number of hydrogen-bond donors (Lipinski definition) is 2. The molecule has 4 nitrogen and oxygen atoms in total. The Morgan fingerprint density at radius 3 is 2.54 bits per heavy atom. The van der Waals surface area contributed by atoms with E-state index < -0.39 is 0 Å². The van der Waals surface area contributed by atoms with Gasteiger partial charge in [-0.25, -0.2) is 4.39 Å². The summed E-state index contributed by atoms with van der Waals surface area (Å²) in [4.78, 5) is 14.2. The Morgan fingerprint density at radius 2 is 1.85 bits per heavy atom. The number of halogens is 1. The van der Waals surface area contributed by atoms with Gasteiger partial charge in [0.15, 0.2) is 0 Å². The van der Waals surface area contributed by atoms with Crippen LogP contribution < -0.4 is 15.5 Å². The SMILES string of the molecule is CCCNC(=O)c1ccc(NCc2c(F)cccc2N2CCCC2)cc1. The fourth-order valence-electron chi connectivity index (χ4n) is 3.25. The Bertz CT molecular complexity index is 739. The van der Waals surface area contributed by atoms with Gasteiger partial charge in [0.1, 0.15) is 5.82 Å². The molecule has 3 rings (SSSR count). The quantitative estimate of drug-likeness (QED) is 0.783. The molecule has 0 aromatic heterocycles. The highest BCUT2D eigenvalue weighted by atomic mass is 19.1. The standard InChI is InChI=1S/C21H26FN3O/c1-2-12-23-21(26)16-8-10-17(11-9-16)24-15-18-19(22)6-5-7-20(18)25-13-3-4-14-25/h5-11,24H,2-4,12-15H2,1H3,(H,23,26). The molecule has 0 aliphatic carbocycles.